The van der Waals surface area contributed by atoms with Gasteiger partial charge in [0.25, 0.3) is 0 Å². The highest BCUT2D eigenvalue weighted by Crippen LogP contribution is 2.55. The van der Waals surface area contributed by atoms with Gasteiger partial charge in [0.1, 0.15) is 0 Å². The number of hydrogen-bond donors (Lipinski definition) is 0. The lowest BCUT2D eigenvalue weighted by molar-refractivity contribution is 1.08. The third-order valence-electron chi connectivity index (χ3n) is 10.1. The van der Waals surface area contributed by atoms with Gasteiger partial charge in [0, 0.05) is 42.4 Å². The molecule has 4 heteroatoms. The molecule has 0 spiro atoms. The Kier molecular flexibility index (Phi) is 5.54. The Hall–Kier alpha value is -6.23. The summed E-state index contributed by atoms with van der Waals surface area (Å²) in [4.78, 5) is 16.2. The standard InChI is InChI=1S/C45H25N3S/c1-3-17-29-26(11-1)13-7-21-32(29)43-46-44(33-22-8-14-27-12-2-4-18-30(27)33)48-45(47-43)42-40-35-23-10-16-28-15-9-20-31(39(28)35)36(40)25-38-41(42)34-19-5-6-24-37(34)49-38/h1-25H. The highest BCUT2D eigenvalue weighted by atomic mass is 32.1. The maximum atomic E-state index is 5.45. The number of rotatable bonds is 3. The maximum Gasteiger partial charge on any atom is 0.165 e. The van der Waals surface area contributed by atoms with Gasteiger partial charge in [-0.05, 0) is 61.1 Å². The monoisotopic (exact) mass is 639 g/mol. The van der Waals surface area contributed by atoms with Gasteiger partial charge in [0.05, 0.1) is 0 Å². The minimum atomic E-state index is 0.670. The predicted molar refractivity (Wildman–Crippen MR) is 206 cm³/mol. The predicted octanol–water partition coefficient (Wildman–Crippen LogP) is 12.3. The summed E-state index contributed by atoms with van der Waals surface area (Å²) >= 11 is 1.84. The molecule has 1 aliphatic rings. The molecule has 0 radical (unpaired) electrons. The first-order valence-corrected chi connectivity index (χ1v) is 17.4. The van der Waals surface area contributed by atoms with Crippen molar-refractivity contribution >= 4 is 63.8 Å². The molecule has 2 aromatic heterocycles. The zero-order valence-corrected chi connectivity index (χ0v) is 27.0. The lowest BCUT2D eigenvalue weighted by atomic mass is 9.93. The van der Waals surface area contributed by atoms with Crippen LogP contribution in [-0.4, -0.2) is 15.0 Å². The summed E-state index contributed by atoms with van der Waals surface area (Å²) in [6.45, 7) is 0. The molecule has 0 aliphatic heterocycles. The summed E-state index contributed by atoms with van der Waals surface area (Å²) in [5.74, 6) is 2.03. The fourth-order valence-electron chi connectivity index (χ4n) is 7.95. The van der Waals surface area contributed by atoms with E-state index in [1.165, 1.54) is 53.2 Å². The molecule has 0 saturated carbocycles. The molecule has 3 nitrogen and oxygen atoms in total. The van der Waals surface area contributed by atoms with Crippen molar-refractivity contribution in [2.24, 2.45) is 0 Å². The minimum absolute atomic E-state index is 0.670. The van der Waals surface area contributed by atoms with Crippen LogP contribution in [0.1, 0.15) is 0 Å². The molecule has 0 atom stereocenters. The van der Waals surface area contributed by atoms with Gasteiger partial charge in [-0.25, -0.2) is 15.0 Å². The number of aromatic nitrogens is 3. The lowest BCUT2D eigenvalue weighted by Crippen LogP contribution is -2.02. The fraction of sp³-hybridized carbons (Fsp3) is 0. The van der Waals surface area contributed by atoms with Gasteiger partial charge in [0.2, 0.25) is 0 Å². The third kappa shape index (κ3) is 3.86. The van der Waals surface area contributed by atoms with E-state index in [4.69, 9.17) is 15.0 Å². The largest absolute Gasteiger partial charge is 0.208 e. The van der Waals surface area contributed by atoms with Crippen molar-refractivity contribution in [3.63, 3.8) is 0 Å². The van der Waals surface area contributed by atoms with E-state index in [1.54, 1.807) is 0 Å². The van der Waals surface area contributed by atoms with Crippen molar-refractivity contribution in [3.8, 4) is 56.4 Å². The molecule has 226 valence electrons. The van der Waals surface area contributed by atoms with Crippen LogP contribution < -0.4 is 0 Å². The van der Waals surface area contributed by atoms with Gasteiger partial charge < -0.3 is 0 Å². The molecular formula is C45H25N3S. The van der Waals surface area contributed by atoms with E-state index in [0.29, 0.717) is 17.5 Å². The average Bonchev–Trinajstić information content (AvgIpc) is 3.70. The van der Waals surface area contributed by atoms with Crippen molar-refractivity contribution < 1.29 is 0 Å². The number of nitrogens with zero attached hydrogens (tertiary/aromatic N) is 3. The van der Waals surface area contributed by atoms with Gasteiger partial charge in [-0.3, -0.25) is 0 Å². The number of benzene rings is 8. The molecule has 0 amide bonds. The van der Waals surface area contributed by atoms with E-state index >= 15 is 0 Å². The molecule has 1 aliphatic carbocycles. The second-order valence-corrected chi connectivity index (χ2v) is 13.8. The zero-order valence-electron chi connectivity index (χ0n) is 26.2. The van der Waals surface area contributed by atoms with Crippen molar-refractivity contribution in [3.05, 3.63) is 152 Å². The van der Waals surface area contributed by atoms with Crippen LogP contribution in [0.2, 0.25) is 0 Å². The Bertz CT molecular complexity index is 2900. The summed E-state index contributed by atoms with van der Waals surface area (Å²) in [5.41, 5.74) is 7.98. The zero-order chi connectivity index (χ0) is 32.1. The molecule has 11 rings (SSSR count). The second-order valence-electron chi connectivity index (χ2n) is 12.7. The molecule has 0 saturated heterocycles. The normalized spacial score (nSPS) is 12.1. The maximum absolute atomic E-state index is 5.45. The van der Waals surface area contributed by atoms with Crippen molar-refractivity contribution in [1.29, 1.82) is 0 Å². The van der Waals surface area contributed by atoms with Crippen LogP contribution in [0.3, 0.4) is 0 Å². The van der Waals surface area contributed by atoms with Crippen molar-refractivity contribution in [1.82, 2.24) is 15.0 Å². The Morgan fingerprint density at radius 3 is 1.51 bits per heavy atom. The number of fused-ring (bicyclic) bond motifs is 8. The molecular weight excluding hydrogens is 615 g/mol. The molecule has 0 N–H and O–H groups in total. The topological polar surface area (TPSA) is 38.7 Å². The minimum Gasteiger partial charge on any atom is -0.208 e. The lowest BCUT2D eigenvalue weighted by Gasteiger charge is -2.15. The highest BCUT2D eigenvalue weighted by molar-refractivity contribution is 7.26. The first-order valence-electron chi connectivity index (χ1n) is 16.5. The Balaban J connectivity index is 1.32. The Morgan fingerprint density at radius 2 is 0.837 bits per heavy atom. The molecule has 8 aromatic carbocycles. The first kappa shape index (κ1) is 26.8. The fourth-order valence-corrected chi connectivity index (χ4v) is 9.10. The van der Waals surface area contributed by atoms with Crippen LogP contribution in [0.4, 0.5) is 0 Å². The first-order chi connectivity index (χ1) is 24.3. The van der Waals surface area contributed by atoms with Crippen LogP contribution in [0, 0.1) is 0 Å². The highest BCUT2D eigenvalue weighted by Gasteiger charge is 2.30. The smallest absolute Gasteiger partial charge is 0.165 e. The van der Waals surface area contributed by atoms with Crippen molar-refractivity contribution in [2.75, 3.05) is 0 Å². The summed E-state index contributed by atoms with van der Waals surface area (Å²) in [7, 11) is 0. The molecule has 10 aromatic rings. The molecule has 0 fully saturated rings. The van der Waals surface area contributed by atoms with Gasteiger partial charge in [-0.1, -0.05) is 140 Å². The van der Waals surface area contributed by atoms with E-state index in [1.807, 2.05) is 11.3 Å². The van der Waals surface area contributed by atoms with E-state index in [2.05, 4.69) is 152 Å². The van der Waals surface area contributed by atoms with Crippen LogP contribution in [0.5, 0.6) is 0 Å². The molecule has 2 heterocycles. The summed E-state index contributed by atoms with van der Waals surface area (Å²) in [5, 5.41) is 9.51. The molecule has 49 heavy (non-hydrogen) atoms. The summed E-state index contributed by atoms with van der Waals surface area (Å²) < 4.78 is 2.49. The van der Waals surface area contributed by atoms with Crippen molar-refractivity contribution in [2.45, 2.75) is 0 Å². The van der Waals surface area contributed by atoms with Gasteiger partial charge in [-0.15, -0.1) is 11.3 Å². The number of hydrogen-bond acceptors (Lipinski definition) is 4. The van der Waals surface area contributed by atoms with Crippen LogP contribution in [0.25, 0.3) is 109 Å². The quantitative estimate of drug-likeness (QED) is 0.193. The second kappa shape index (κ2) is 10.1. The number of thiophene rings is 1. The Labute approximate surface area is 285 Å². The molecule has 0 unspecified atom stereocenters. The average molecular weight is 640 g/mol. The van der Waals surface area contributed by atoms with E-state index < -0.39 is 0 Å². The van der Waals surface area contributed by atoms with Gasteiger partial charge in [-0.2, -0.15) is 0 Å². The molecule has 0 bridgehead atoms. The van der Waals surface area contributed by atoms with Crippen LogP contribution in [-0.2, 0) is 0 Å². The van der Waals surface area contributed by atoms with Crippen LogP contribution in [0.15, 0.2) is 152 Å². The van der Waals surface area contributed by atoms with Gasteiger partial charge in [0.15, 0.2) is 17.5 Å². The Morgan fingerprint density at radius 1 is 0.327 bits per heavy atom. The van der Waals surface area contributed by atoms with E-state index in [-0.39, 0.29) is 0 Å². The SMILES string of the molecule is c1ccc2c(-c3nc(-c4cccc5ccccc45)nc(-c4c5c(cc6sc7ccccc7c46)-c4cccc6cccc-5c46)n3)cccc2c1. The summed E-state index contributed by atoms with van der Waals surface area (Å²) in [6.07, 6.45) is 0. The van der Waals surface area contributed by atoms with E-state index in [0.717, 1.165) is 38.2 Å². The summed E-state index contributed by atoms with van der Waals surface area (Å²) in [6, 6.07) is 54.1. The van der Waals surface area contributed by atoms with Gasteiger partial charge >= 0.3 is 0 Å². The van der Waals surface area contributed by atoms with Crippen LogP contribution >= 0.6 is 11.3 Å². The van der Waals surface area contributed by atoms with E-state index in [9.17, 15) is 0 Å². The third-order valence-corrected chi connectivity index (χ3v) is 11.2.